The molecule has 0 amide bonds. The van der Waals surface area contributed by atoms with E-state index in [9.17, 15) is 0 Å². The smallest absolute Gasteiger partial charge is 0.0407 e. The summed E-state index contributed by atoms with van der Waals surface area (Å²) in [6.07, 6.45) is 5.82. The molecule has 1 aliphatic rings. The lowest BCUT2D eigenvalue weighted by atomic mass is 10.1. The van der Waals surface area contributed by atoms with Crippen LogP contribution in [0, 0.1) is 5.92 Å². The predicted octanol–water partition coefficient (Wildman–Crippen LogP) is 4.68. The first-order valence-electron chi connectivity index (χ1n) is 6.42. The minimum Gasteiger partial charge on any atom is -0.384 e. The maximum atomic E-state index is 5.84. The van der Waals surface area contributed by atoms with Gasteiger partial charge in [0.25, 0.3) is 0 Å². The van der Waals surface area contributed by atoms with Crippen LogP contribution in [0.25, 0.3) is 0 Å². The molecule has 0 unspecified atom stereocenters. The molecule has 0 bridgehead atoms. The third-order valence-corrected chi connectivity index (χ3v) is 4.70. The van der Waals surface area contributed by atoms with Crippen LogP contribution in [0.3, 0.4) is 0 Å². The van der Waals surface area contributed by atoms with Crippen molar-refractivity contribution in [3.8, 4) is 0 Å². The standard InChI is InChI=1S/C14H20ClNS/c15-13-5-7-14(8-6-13)16-9-10-17-11-12-3-1-2-4-12/h5-8,12,16H,1-4,9-11H2. The van der Waals surface area contributed by atoms with E-state index in [-0.39, 0.29) is 0 Å². The number of thioether (sulfide) groups is 1. The maximum Gasteiger partial charge on any atom is 0.0407 e. The molecule has 0 atom stereocenters. The molecular formula is C14H20ClNS. The van der Waals surface area contributed by atoms with Gasteiger partial charge < -0.3 is 5.32 Å². The third kappa shape index (κ3) is 4.81. The van der Waals surface area contributed by atoms with Crippen molar-refractivity contribution in [3.05, 3.63) is 29.3 Å². The van der Waals surface area contributed by atoms with Gasteiger partial charge in [-0.15, -0.1) is 0 Å². The highest BCUT2D eigenvalue weighted by molar-refractivity contribution is 7.99. The van der Waals surface area contributed by atoms with Crippen molar-refractivity contribution < 1.29 is 0 Å². The highest BCUT2D eigenvalue weighted by Gasteiger charge is 2.14. The largest absolute Gasteiger partial charge is 0.384 e. The van der Waals surface area contributed by atoms with Crippen LogP contribution < -0.4 is 5.32 Å². The van der Waals surface area contributed by atoms with E-state index in [1.165, 1.54) is 37.2 Å². The molecule has 2 rings (SSSR count). The Bertz CT molecular complexity index is 319. The lowest BCUT2D eigenvalue weighted by Gasteiger charge is -2.09. The molecule has 3 heteroatoms. The normalized spacial score (nSPS) is 16.3. The van der Waals surface area contributed by atoms with E-state index in [1.54, 1.807) is 0 Å². The van der Waals surface area contributed by atoms with E-state index < -0.39 is 0 Å². The second kappa shape index (κ2) is 7.17. The molecule has 0 spiro atoms. The minimum atomic E-state index is 0.797. The molecule has 1 saturated carbocycles. The van der Waals surface area contributed by atoms with Crippen LogP contribution in [-0.4, -0.2) is 18.1 Å². The quantitative estimate of drug-likeness (QED) is 0.753. The molecular weight excluding hydrogens is 250 g/mol. The van der Waals surface area contributed by atoms with Crippen LogP contribution in [0.15, 0.2) is 24.3 Å². The fraction of sp³-hybridized carbons (Fsp3) is 0.571. The number of nitrogens with one attached hydrogen (secondary N) is 1. The molecule has 0 saturated heterocycles. The molecule has 1 aromatic carbocycles. The second-order valence-electron chi connectivity index (χ2n) is 4.66. The highest BCUT2D eigenvalue weighted by atomic mass is 35.5. The number of benzene rings is 1. The van der Waals surface area contributed by atoms with E-state index in [2.05, 4.69) is 17.1 Å². The van der Waals surface area contributed by atoms with Crippen LogP contribution in [0.2, 0.25) is 5.02 Å². The van der Waals surface area contributed by atoms with Crippen LogP contribution in [0.4, 0.5) is 5.69 Å². The van der Waals surface area contributed by atoms with Crippen molar-refractivity contribution >= 4 is 29.1 Å². The molecule has 1 N–H and O–H groups in total. The molecule has 94 valence electrons. The molecule has 0 aliphatic heterocycles. The van der Waals surface area contributed by atoms with Crippen molar-refractivity contribution in [3.63, 3.8) is 0 Å². The zero-order chi connectivity index (χ0) is 11.9. The van der Waals surface area contributed by atoms with Gasteiger partial charge in [-0.05, 0) is 48.8 Å². The summed E-state index contributed by atoms with van der Waals surface area (Å²) in [4.78, 5) is 0. The maximum absolute atomic E-state index is 5.84. The van der Waals surface area contributed by atoms with Gasteiger partial charge in [0, 0.05) is 23.0 Å². The first-order chi connectivity index (χ1) is 8.34. The summed E-state index contributed by atoms with van der Waals surface area (Å²) >= 11 is 7.92. The first kappa shape index (κ1) is 13.1. The van der Waals surface area contributed by atoms with E-state index in [4.69, 9.17) is 11.6 Å². The summed E-state index contributed by atoms with van der Waals surface area (Å²) in [5.41, 5.74) is 1.16. The van der Waals surface area contributed by atoms with Gasteiger partial charge in [-0.2, -0.15) is 11.8 Å². The Morgan fingerprint density at radius 1 is 1.18 bits per heavy atom. The Hall–Kier alpha value is -0.340. The summed E-state index contributed by atoms with van der Waals surface area (Å²) in [7, 11) is 0. The molecule has 0 radical (unpaired) electrons. The molecule has 1 fully saturated rings. The van der Waals surface area contributed by atoms with Crippen LogP contribution in [0.1, 0.15) is 25.7 Å². The first-order valence-corrected chi connectivity index (χ1v) is 7.95. The van der Waals surface area contributed by atoms with Gasteiger partial charge in [-0.3, -0.25) is 0 Å². The molecule has 17 heavy (non-hydrogen) atoms. The van der Waals surface area contributed by atoms with E-state index in [0.29, 0.717) is 0 Å². The van der Waals surface area contributed by atoms with Gasteiger partial charge >= 0.3 is 0 Å². The number of anilines is 1. The summed E-state index contributed by atoms with van der Waals surface area (Å²) in [6.45, 7) is 1.04. The van der Waals surface area contributed by atoms with Crippen LogP contribution in [0.5, 0.6) is 0 Å². The SMILES string of the molecule is Clc1ccc(NCCSCC2CCCC2)cc1. The summed E-state index contributed by atoms with van der Waals surface area (Å²) < 4.78 is 0. The van der Waals surface area contributed by atoms with Crippen molar-refractivity contribution in [2.24, 2.45) is 5.92 Å². The lowest BCUT2D eigenvalue weighted by molar-refractivity contribution is 0.623. The Morgan fingerprint density at radius 3 is 2.59 bits per heavy atom. The molecule has 1 aliphatic carbocycles. The van der Waals surface area contributed by atoms with Gasteiger partial charge in [-0.1, -0.05) is 24.4 Å². The average Bonchev–Trinajstić information content (AvgIpc) is 2.84. The highest BCUT2D eigenvalue weighted by Crippen LogP contribution is 2.27. The third-order valence-electron chi connectivity index (χ3n) is 3.25. The average molecular weight is 270 g/mol. The fourth-order valence-electron chi connectivity index (χ4n) is 2.26. The second-order valence-corrected chi connectivity index (χ2v) is 6.25. The van der Waals surface area contributed by atoms with Gasteiger partial charge in [0.05, 0.1) is 0 Å². The van der Waals surface area contributed by atoms with E-state index in [0.717, 1.165) is 23.2 Å². The Balaban J connectivity index is 1.55. The van der Waals surface area contributed by atoms with Gasteiger partial charge in [0.15, 0.2) is 0 Å². The molecule has 1 aromatic rings. The van der Waals surface area contributed by atoms with Crippen molar-refractivity contribution in [2.75, 3.05) is 23.4 Å². The Kier molecular flexibility index (Phi) is 5.53. The van der Waals surface area contributed by atoms with Gasteiger partial charge in [0.2, 0.25) is 0 Å². The minimum absolute atomic E-state index is 0.797. The number of rotatable bonds is 6. The summed E-state index contributed by atoms with van der Waals surface area (Å²) in [6, 6.07) is 7.92. The zero-order valence-corrected chi connectivity index (χ0v) is 11.7. The summed E-state index contributed by atoms with van der Waals surface area (Å²) in [5.74, 6) is 3.54. The van der Waals surface area contributed by atoms with Crippen LogP contribution in [-0.2, 0) is 0 Å². The monoisotopic (exact) mass is 269 g/mol. The van der Waals surface area contributed by atoms with Gasteiger partial charge in [0.1, 0.15) is 0 Å². The Labute approximate surface area is 113 Å². The molecule has 0 aromatic heterocycles. The van der Waals surface area contributed by atoms with Crippen LogP contribution >= 0.6 is 23.4 Å². The fourth-order valence-corrected chi connectivity index (χ4v) is 3.47. The van der Waals surface area contributed by atoms with E-state index in [1.807, 2.05) is 24.3 Å². The lowest BCUT2D eigenvalue weighted by Crippen LogP contribution is -2.06. The predicted molar refractivity (Wildman–Crippen MR) is 79.2 cm³/mol. The zero-order valence-electron chi connectivity index (χ0n) is 10.1. The van der Waals surface area contributed by atoms with Crippen molar-refractivity contribution in [2.45, 2.75) is 25.7 Å². The van der Waals surface area contributed by atoms with Crippen molar-refractivity contribution in [1.29, 1.82) is 0 Å². The Morgan fingerprint density at radius 2 is 1.88 bits per heavy atom. The van der Waals surface area contributed by atoms with Crippen molar-refractivity contribution in [1.82, 2.24) is 0 Å². The molecule has 0 heterocycles. The summed E-state index contributed by atoms with van der Waals surface area (Å²) in [5, 5.41) is 4.22. The van der Waals surface area contributed by atoms with Gasteiger partial charge in [-0.25, -0.2) is 0 Å². The van der Waals surface area contributed by atoms with E-state index >= 15 is 0 Å². The topological polar surface area (TPSA) is 12.0 Å². The number of hydrogen-bond donors (Lipinski definition) is 1. The molecule has 1 nitrogen and oxygen atoms in total. The number of hydrogen-bond acceptors (Lipinski definition) is 2. The number of halogens is 1.